The fourth-order valence-corrected chi connectivity index (χ4v) is 2.19. The fourth-order valence-electron chi connectivity index (χ4n) is 2.19. The molecule has 0 radical (unpaired) electrons. The molecule has 0 aromatic carbocycles. The third-order valence-corrected chi connectivity index (χ3v) is 3.05. The van der Waals surface area contributed by atoms with E-state index in [0.29, 0.717) is 6.61 Å². The van der Waals surface area contributed by atoms with Crippen LogP contribution in [0.3, 0.4) is 0 Å². The van der Waals surface area contributed by atoms with Crippen LogP contribution in [0.15, 0.2) is 12.4 Å². The van der Waals surface area contributed by atoms with Crippen LogP contribution in [-0.2, 0) is 11.3 Å². The van der Waals surface area contributed by atoms with Crippen molar-refractivity contribution in [2.45, 2.75) is 53.3 Å². The van der Waals surface area contributed by atoms with Crippen molar-refractivity contribution in [3.05, 3.63) is 18.2 Å². The first-order chi connectivity index (χ1) is 8.45. The lowest BCUT2D eigenvalue weighted by Gasteiger charge is -2.36. The van der Waals surface area contributed by atoms with Gasteiger partial charge < -0.3 is 9.30 Å². The van der Waals surface area contributed by atoms with Crippen LogP contribution in [0.5, 0.6) is 0 Å². The molecule has 0 saturated heterocycles. The zero-order valence-electron chi connectivity index (χ0n) is 12.1. The number of aryl methyl sites for hydroxylation is 1. The highest BCUT2D eigenvalue weighted by molar-refractivity contribution is 5.04. The molecule has 0 aliphatic rings. The third-order valence-electron chi connectivity index (χ3n) is 3.05. The lowest BCUT2D eigenvalue weighted by atomic mass is 9.84. The fraction of sp³-hybridized carbons (Fsp3) is 0.769. The highest BCUT2D eigenvalue weighted by atomic mass is 16.5. The first-order valence-electron chi connectivity index (χ1n) is 6.54. The number of hydrazine groups is 1. The molecule has 1 rings (SSSR count). The highest BCUT2D eigenvalue weighted by Crippen LogP contribution is 2.31. The lowest BCUT2D eigenvalue weighted by Crippen LogP contribution is -2.45. The molecule has 0 amide bonds. The van der Waals surface area contributed by atoms with Gasteiger partial charge in [-0.1, -0.05) is 20.8 Å². The molecule has 0 saturated carbocycles. The molecule has 0 fully saturated rings. The van der Waals surface area contributed by atoms with E-state index in [1.807, 2.05) is 13.1 Å². The number of aromatic nitrogens is 2. The lowest BCUT2D eigenvalue weighted by molar-refractivity contribution is -0.0391. The van der Waals surface area contributed by atoms with Crippen molar-refractivity contribution >= 4 is 0 Å². The summed E-state index contributed by atoms with van der Waals surface area (Å²) in [6, 6.07) is -0.111. The van der Waals surface area contributed by atoms with Gasteiger partial charge in [0.25, 0.3) is 0 Å². The van der Waals surface area contributed by atoms with Gasteiger partial charge in [0.1, 0.15) is 11.9 Å². The average molecular weight is 254 g/mol. The first kappa shape index (κ1) is 15.1. The minimum atomic E-state index is -0.111. The molecule has 2 unspecified atom stereocenters. The molecule has 0 bridgehead atoms. The van der Waals surface area contributed by atoms with Gasteiger partial charge in [0.05, 0.1) is 6.10 Å². The largest absolute Gasteiger partial charge is 0.376 e. The van der Waals surface area contributed by atoms with E-state index in [9.17, 15) is 0 Å². The molecule has 5 nitrogen and oxygen atoms in total. The number of rotatable bonds is 6. The Kier molecular flexibility index (Phi) is 5.31. The van der Waals surface area contributed by atoms with Crippen molar-refractivity contribution in [3.63, 3.8) is 0 Å². The van der Waals surface area contributed by atoms with Crippen LogP contribution in [-0.4, -0.2) is 22.3 Å². The van der Waals surface area contributed by atoms with Crippen LogP contribution in [0.1, 0.15) is 46.5 Å². The van der Waals surface area contributed by atoms with Gasteiger partial charge in [-0.3, -0.25) is 5.84 Å². The maximum atomic E-state index is 5.89. The quantitative estimate of drug-likeness (QED) is 0.601. The molecule has 1 aromatic heterocycles. The monoisotopic (exact) mass is 254 g/mol. The van der Waals surface area contributed by atoms with E-state index in [-0.39, 0.29) is 17.6 Å². The van der Waals surface area contributed by atoms with Gasteiger partial charge in [-0.15, -0.1) is 0 Å². The van der Waals surface area contributed by atoms with Crippen LogP contribution in [0.4, 0.5) is 0 Å². The summed E-state index contributed by atoms with van der Waals surface area (Å²) in [5.41, 5.74) is 2.85. The topological polar surface area (TPSA) is 65.1 Å². The summed E-state index contributed by atoms with van der Waals surface area (Å²) < 4.78 is 7.97. The van der Waals surface area contributed by atoms with Crippen molar-refractivity contribution in [1.82, 2.24) is 15.0 Å². The Bertz CT molecular complexity index is 356. The van der Waals surface area contributed by atoms with Crippen LogP contribution in [0.25, 0.3) is 0 Å². The summed E-state index contributed by atoms with van der Waals surface area (Å²) in [4.78, 5) is 4.42. The SMILES string of the molecule is CCOC(C(NN)c1nccn1CC)C(C)(C)C. The van der Waals surface area contributed by atoms with E-state index >= 15 is 0 Å². The number of nitrogens with one attached hydrogen (secondary N) is 1. The second-order valence-corrected chi connectivity index (χ2v) is 5.46. The predicted octanol–water partition coefficient (Wildman–Crippen LogP) is 1.86. The van der Waals surface area contributed by atoms with Crippen molar-refractivity contribution in [1.29, 1.82) is 0 Å². The number of ether oxygens (including phenoxy) is 1. The molecule has 104 valence electrons. The average Bonchev–Trinajstić information content (AvgIpc) is 2.76. The Morgan fingerprint density at radius 3 is 2.56 bits per heavy atom. The van der Waals surface area contributed by atoms with E-state index in [0.717, 1.165) is 12.4 Å². The molecule has 0 aliphatic heterocycles. The molecule has 2 atom stereocenters. The van der Waals surface area contributed by atoms with Crippen LogP contribution in [0, 0.1) is 5.41 Å². The maximum absolute atomic E-state index is 5.89. The van der Waals surface area contributed by atoms with E-state index in [1.54, 1.807) is 6.20 Å². The van der Waals surface area contributed by atoms with Crippen molar-refractivity contribution in [2.75, 3.05) is 6.61 Å². The van der Waals surface area contributed by atoms with E-state index in [4.69, 9.17) is 10.6 Å². The zero-order valence-corrected chi connectivity index (χ0v) is 12.1. The van der Waals surface area contributed by atoms with Gasteiger partial charge in [-0.2, -0.15) is 0 Å². The Morgan fingerprint density at radius 1 is 1.44 bits per heavy atom. The summed E-state index contributed by atoms with van der Waals surface area (Å²) in [5.74, 6) is 6.66. The number of hydrogen-bond donors (Lipinski definition) is 2. The second-order valence-electron chi connectivity index (χ2n) is 5.46. The Balaban J connectivity index is 3.06. The molecule has 0 spiro atoms. The van der Waals surface area contributed by atoms with Gasteiger partial charge >= 0.3 is 0 Å². The molecular formula is C13H26N4O. The van der Waals surface area contributed by atoms with Crippen molar-refractivity contribution < 1.29 is 4.74 Å². The second kappa shape index (κ2) is 6.31. The van der Waals surface area contributed by atoms with Gasteiger partial charge in [0.15, 0.2) is 0 Å². The molecule has 0 aliphatic carbocycles. The van der Waals surface area contributed by atoms with Crippen LogP contribution < -0.4 is 11.3 Å². The number of nitrogens with two attached hydrogens (primary N) is 1. The highest BCUT2D eigenvalue weighted by Gasteiger charge is 2.35. The summed E-state index contributed by atoms with van der Waals surface area (Å²) in [6.07, 6.45) is 3.74. The van der Waals surface area contributed by atoms with Crippen LogP contribution >= 0.6 is 0 Å². The molecule has 3 N–H and O–H groups in total. The summed E-state index contributed by atoms with van der Waals surface area (Å²) in [5, 5.41) is 0. The summed E-state index contributed by atoms with van der Waals surface area (Å²) in [6.45, 7) is 12.1. The molecule has 1 heterocycles. The van der Waals surface area contributed by atoms with Gasteiger partial charge in [0, 0.05) is 25.5 Å². The maximum Gasteiger partial charge on any atom is 0.129 e. The summed E-state index contributed by atoms with van der Waals surface area (Å²) >= 11 is 0. The predicted molar refractivity (Wildman–Crippen MR) is 72.8 cm³/mol. The van der Waals surface area contributed by atoms with Crippen molar-refractivity contribution in [2.24, 2.45) is 11.3 Å². The zero-order chi connectivity index (χ0) is 13.8. The normalized spacial score (nSPS) is 15.7. The Hall–Kier alpha value is -0.910. The minimum absolute atomic E-state index is 0.0163. The molecule has 18 heavy (non-hydrogen) atoms. The Morgan fingerprint density at radius 2 is 2.11 bits per heavy atom. The van der Waals surface area contributed by atoms with Gasteiger partial charge in [0.2, 0.25) is 0 Å². The van der Waals surface area contributed by atoms with E-state index in [2.05, 4.69) is 42.7 Å². The number of imidazole rings is 1. The minimum Gasteiger partial charge on any atom is -0.376 e. The Labute approximate surface area is 110 Å². The third kappa shape index (κ3) is 3.31. The van der Waals surface area contributed by atoms with E-state index < -0.39 is 0 Å². The summed E-state index contributed by atoms with van der Waals surface area (Å²) in [7, 11) is 0. The van der Waals surface area contributed by atoms with Crippen LogP contribution in [0.2, 0.25) is 0 Å². The molecule has 1 aromatic rings. The van der Waals surface area contributed by atoms with Gasteiger partial charge in [-0.05, 0) is 19.3 Å². The van der Waals surface area contributed by atoms with Gasteiger partial charge in [-0.25, -0.2) is 10.4 Å². The number of hydrogen-bond acceptors (Lipinski definition) is 4. The smallest absolute Gasteiger partial charge is 0.129 e. The standard InChI is InChI=1S/C13H26N4O/c1-6-17-9-8-15-12(17)10(16-14)11(18-7-2)13(3,4)5/h8-11,16H,6-7,14H2,1-5H3. The molecule has 5 heteroatoms. The van der Waals surface area contributed by atoms with Crippen molar-refractivity contribution in [3.8, 4) is 0 Å². The number of nitrogens with zero attached hydrogens (tertiary/aromatic N) is 2. The first-order valence-corrected chi connectivity index (χ1v) is 6.54. The van der Waals surface area contributed by atoms with E-state index in [1.165, 1.54) is 0 Å². The molecular weight excluding hydrogens is 228 g/mol.